The van der Waals surface area contributed by atoms with Gasteiger partial charge in [0, 0.05) is 13.0 Å². The molecule has 5 rings (SSSR count). The number of carboxylic acids is 1. The first kappa shape index (κ1) is 39.8. The van der Waals surface area contributed by atoms with Crippen LogP contribution < -0.4 is 15.4 Å². The van der Waals surface area contributed by atoms with Gasteiger partial charge in [0.15, 0.2) is 5.78 Å². The molecule has 5 atom stereocenters. The number of nitrogens with zero attached hydrogens (tertiary/aromatic N) is 1. The number of fused-ring (bicyclic) bond motifs is 1. The van der Waals surface area contributed by atoms with Crippen molar-refractivity contribution in [3.05, 3.63) is 113 Å². The number of benzene rings is 3. The summed E-state index contributed by atoms with van der Waals surface area (Å²) in [7, 11) is 1.48. The SMILES string of the molecule is C[C@@H](C(=O)N[C@@H](Cc1ccc(OCc2ccc(C(=O)O)cc2)cc1)C(=O)[C@@H]1CC=CC[C@@H]1C(=O)N[C@@H]1CCCc2ccccc21)N(C)C(=O)OC(C)(C)C. The van der Waals surface area contributed by atoms with Crippen LogP contribution in [0.4, 0.5) is 4.79 Å². The molecule has 0 radical (unpaired) electrons. The average molecular weight is 738 g/mol. The van der Waals surface area contributed by atoms with Crippen LogP contribution >= 0.6 is 0 Å². The Balaban J connectivity index is 1.33. The lowest BCUT2D eigenvalue weighted by Crippen LogP contribution is -2.54. The Bertz CT molecular complexity index is 1850. The number of Topliss-reactive ketones (excluding diaryl/α,β-unsaturated/α-hetero) is 1. The predicted octanol–water partition coefficient (Wildman–Crippen LogP) is 6.59. The highest BCUT2D eigenvalue weighted by Crippen LogP contribution is 2.33. The van der Waals surface area contributed by atoms with Gasteiger partial charge in [-0.1, -0.05) is 60.7 Å². The topological polar surface area (TPSA) is 151 Å². The standard InChI is InChI=1S/C43H51N3O8/c1-27(46(5)42(52)54-43(2,3)4)39(48)45-37(25-28-19-23-32(24-20-28)53-26-29-17-21-31(22-18-29)41(50)51)38(47)34-14-8-9-15-35(34)40(49)44-36-16-10-12-30-11-6-7-13-33(30)36/h6-9,11,13,17-24,27,34-37H,10,12,14-16,25-26H2,1-5H3,(H,44,49)(H,45,48)(H,50,51)/t27-,34+,35-,36+,37-/m0/s1. The first-order valence-electron chi connectivity index (χ1n) is 18.6. The van der Waals surface area contributed by atoms with Gasteiger partial charge in [-0.2, -0.15) is 0 Å². The van der Waals surface area contributed by atoms with E-state index in [4.69, 9.17) is 14.6 Å². The maximum atomic E-state index is 14.6. The van der Waals surface area contributed by atoms with Gasteiger partial charge in [0.2, 0.25) is 11.8 Å². The number of hydrogen-bond acceptors (Lipinski definition) is 7. The number of ketones is 1. The Hall–Kier alpha value is -5.45. The van der Waals surface area contributed by atoms with Gasteiger partial charge in [-0.05, 0) is 113 Å². The zero-order valence-corrected chi connectivity index (χ0v) is 31.7. The van der Waals surface area contributed by atoms with Gasteiger partial charge >= 0.3 is 12.1 Å². The number of aryl methyl sites for hydroxylation is 1. The van der Waals surface area contributed by atoms with E-state index >= 15 is 0 Å². The summed E-state index contributed by atoms with van der Waals surface area (Å²) in [5.74, 6) is -2.68. The quantitative estimate of drug-likeness (QED) is 0.166. The number of carboxylic acid groups (broad SMARTS) is 1. The van der Waals surface area contributed by atoms with Crippen LogP contribution in [0.15, 0.2) is 84.9 Å². The van der Waals surface area contributed by atoms with E-state index in [1.807, 2.05) is 36.4 Å². The van der Waals surface area contributed by atoms with Crippen molar-refractivity contribution in [3.63, 3.8) is 0 Å². The maximum Gasteiger partial charge on any atom is 0.410 e. The highest BCUT2D eigenvalue weighted by atomic mass is 16.6. The van der Waals surface area contributed by atoms with Crippen molar-refractivity contribution in [1.29, 1.82) is 0 Å². The van der Waals surface area contributed by atoms with E-state index in [1.54, 1.807) is 52.0 Å². The largest absolute Gasteiger partial charge is 0.489 e. The third-order valence-electron chi connectivity index (χ3n) is 10.1. The molecule has 0 fully saturated rings. The van der Waals surface area contributed by atoms with Crippen molar-refractivity contribution in [3.8, 4) is 5.75 Å². The number of ether oxygens (including phenoxy) is 2. The molecule has 0 bridgehead atoms. The zero-order chi connectivity index (χ0) is 39.0. The molecule has 3 aromatic rings. The van der Waals surface area contributed by atoms with Gasteiger partial charge in [0.05, 0.1) is 23.6 Å². The first-order valence-corrected chi connectivity index (χ1v) is 18.6. The molecule has 0 spiro atoms. The van der Waals surface area contributed by atoms with Crippen LogP contribution in [0, 0.1) is 11.8 Å². The first-order chi connectivity index (χ1) is 25.7. The van der Waals surface area contributed by atoms with Gasteiger partial charge in [-0.3, -0.25) is 19.3 Å². The number of likely N-dealkylation sites (N-methyl/N-ethyl adjacent to an activating group) is 1. The number of hydrogen-bond donors (Lipinski definition) is 3. The van der Waals surface area contributed by atoms with E-state index in [1.165, 1.54) is 29.6 Å². The number of rotatable bonds is 13. The lowest BCUT2D eigenvalue weighted by molar-refractivity contribution is -0.137. The normalized spacial score (nSPS) is 19.0. The summed E-state index contributed by atoms with van der Waals surface area (Å²) in [5, 5.41) is 15.3. The highest BCUT2D eigenvalue weighted by molar-refractivity contribution is 5.96. The van der Waals surface area contributed by atoms with Crippen LogP contribution in [0.5, 0.6) is 5.75 Å². The molecule has 0 saturated carbocycles. The average Bonchev–Trinajstić information content (AvgIpc) is 3.16. The Labute approximate surface area is 317 Å². The Morgan fingerprint density at radius 1 is 0.889 bits per heavy atom. The number of carbonyl (C=O) groups is 5. The van der Waals surface area contributed by atoms with E-state index < -0.39 is 47.5 Å². The smallest absolute Gasteiger partial charge is 0.410 e. The molecule has 0 saturated heterocycles. The summed E-state index contributed by atoms with van der Waals surface area (Å²) in [4.78, 5) is 67.4. The second-order valence-electron chi connectivity index (χ2n) is 15.2. The number of nitrogens with one attached hydrogen (secondary N) is 2. The molecule has 11 heteroatoms. The van der Waals surface area contributed by atoms with Gasteiger partial charge < -0.3 is 25.2 Å². The third kappa shape index (κ3) is 10.4. The molecular weight excluding hydrogens is 686 g/mol. The second kappa shape index (κ2) is 17.6. The fraction of sp³-hybridized carbons (Fsp3) is 0.419. The van der Waals surface area contributed by atoms with E-state index in [9.17, 15) is 24.0 Å². The van der Waals surface area contributed by atoms with Crippen molar-refractivity contribution < 1.29 is 38.6 Å². The molecule has 0 unspecified atom stereocenters. The molecule has 0 aliphatic heterocycles. The minimum absolute atomic E-state index is 0.131. The summed E-state index contributed by atoms with van der Waals surface area (Å²) in [6.45, 7) is 7.02. The van der Waals surface area contributed by atoms with E-state index in [2.05, 4.69) is 22.8 Å². The van der Waals surface area contributed by atoms with Gasteiger partial charge in [-0.25, -0.2) is 9.59 Å². The molecule has 2 aliphatic rings. The summed E-state index contributed by atoms with van der Waals surface area (Å²) in [5.41, 5.74) is 3.33. The molecule has 286 valence electrons. The molecule has 3 aromatic carbocycles. The molecular formula is C43H51N3O8. The van der Waals surface area contributed by atoms with Gasteiger partial charge in [0.1, 0.15) is 24.0 Å². The molecule has 3 N–H and O–H groups in total. The lowest BCUT2D eigenvalue weighted by atomic mass is 9.76. The third-order valence-corrected chi connectivity index (χ3v) is 10.1. The van der Waals surface area contributed by atoms with Crippen molar-refractivity contribution >= 4 is 29.7 Å². The fourth-order valence-corrected chi connectivity index (χ4v) is 6.91. The minimum atomic E-state index is -1.00. The van der Waals surface area contributed by atoms with Gasteiger partial charge in [-0.15, -0.1) is 0 Å². The van der Waals surface area contributed by atoms with E-state index in [0.717, 1.165) is 36.0 Å². The van der Waals surface area contributed by atoms with E-state index in [0.29, 0.717) is 18.6 Å². The predicted molar refractivity (Wildman–Crippen MR) is 204 cm³/mol. The number of aromatic carboxylic acids is 1. The van der Waals surface area contributed by atoms with Crippen LogP contribution in [0.2, 0.25) is 0 Å². The summed E-state index contributed by atoms with van der Waals surface area (Å²) in [6.07, 6.45) is 6.85. The molecule has 0 aromatic heterocycles. The number of amides is 3. The van der Waals surface area contributed by atoms with Crippen LogP contribution in [-0.4, -0.2) is 64.4 Å². The van der Waals surface area contributed by atoms with Crippen LogP contribution in [0.25, 0.3) is 0 Å². The summed E-state index contributed by atoms with van der Waals surface area (Å²) >= 11 is 0. The van der Waals surface area contributed by atoms with Crippen molar-refractivity contribution in [2.45, 2.75) is 96.6 Å². The van der Waals surface area contributed by atoms with Crippen molar-refractivity contribution in [2.75, 3.05) is 7.05 Å². The zero-order valence-electron chi connectivity index (χ0n) is 31.7. The highest BCUT2D eigenvalue weighted by Gasteiger charge is 2.39. The molecule has 3 amide bonds. The number of carbonyl (C=O) groups excluding carboxylic acids is 4. The lowest BCUT2D eigenvalue weighted by Gasteiger charge is -2.33. The van der Waals surface area contributed by atoms with E-state index in [-0.39, 0.29) is 36.3 Å². The van der Waals surface area contributed by atoms with Crippen LogP contribution in [-0.2, 0) is 38.6 Å². The minimum Gasteiger partial charge on any atom is -0.489 e. The van der Waals surface area contributed by atoms with Crippen molar-refractivity contribution in [2.24, 2.45) is 11.8 Å². The summed E-state index contributed by atoms with van der Waals surface area (Å²) < 4.78 is 11.4. The fourth-order valence-electron chi connectivity index (χ4n) is 6.91. The Kier molecular flexibility index (Phi) is 12.9. The Morgan fingerprint density at radius 2 is 1.54 bits per heavy atom. The number of allylic oxidation sites excluding steroid dienone is 2. The van der Waals surface area contributed by atoms with Crippen LogP contribution in [0.3, 0.4) is 0 Å². The maximum absolute atomic E-state index is 14.6. The van der Waals surface area contributed by atoms with Gasteiger partial charge in [0.25, 0.3) is 0 Å². The Morgan fingerprint density at radius 3 is 2.20 bits per heavy atom. The van der Waals surface area contributed by atoms with Crippen molar-refractivity contribution in [1.82, 2.24) is 15.5 Å². The molecule has 54 heavy (non-hydrogen) atoms. The summed E-state index contributed by atoms with van der Waals surface area (Å²) in [6, 6.07) is 19.7. The second-order valence-corrected chi connectivity index (χ2v) is 15.2. The van der Waals surface area contributed by atoms with Crippen LogP contribution in [0.1, 0.15) is 92.0 Å². The molecule has 2 aliphatic carbocycles. The molecule has 0 heterocycles. The monoisotopic (exact) mass is 737 g/mol. The molecule has 11 nitrogen and oxygen atoms in total.